The fraction of sp³-hybridized carbons (Fsp3) is 0.231. The van der Waals surface area contributed by atoms with Gasteiger partial charge in [-0.1, -0.05) is 26.0 Å². The van der Waals surface area contributed by atoms with Gasteiger partial charge in [-0.05, 0) is 49.7 Å². The van der Waals surface area contributed by atoms with Crippen molar-refractivity contribution < 1.29 is 9.18 Å². The number of pyridine rings is 1. The molecule has 2 aromatic heterocycles. The molecule has 0 aliphatic rings. The summed E-state index contributed by atoms with van der Waals surface area (Å²) < 4.78 is 17.0. The van der Waals surface area contributed by atoms with Crippen LogP contribution >= 0.6 is 0 Å². The Morgan fingerprint density at radius 3 is 2.43 bits per heavy atom. The number of aryl methyl sites for hydroxylation is 2. The molecule has 0 aliphatic carbocycles. The van der Waals surface area contributed by atoms with Crippen LogP contribution in [0.5, 0.6) is 0 Å². The third kappa shape index (κ3) is 5.30. The Hall–Kier alpha value is -4.67. The maximum Gasteiger partial charge on any atom is 0.333 e. The van der Waals surface area contributed by atoms with Crippen molar-refractivity contribution in [2.24, 2.45) is 12.8 Å². The summed E-state index contributed by atoms with van der Waals surface area (Å²) in [6.07, 6.45) is 0. The number of amides is 1. The van der Waals surface area contributed by atoms with Crippen LogP contribution in [-0.4, -0.2) is 26.6 Å². The molecule has 0 bridgehead atoms. The Bertz CT molecular complexity index is 1670. The molecule has 0 fully saturated rings. The van der Waals surface area contributed by atoms with Crippen molar-refractivity contribution >= 4 is 34.0 Å². The van der Waals surface area contributed by atoms with E-state index in [0.717, 1.165) is 0 Å². The molecule has 0 spiro atoms. The van der Waals surface area contributed by atoms with Gasteiger partial charge in [0.2, 0.25) is 5.91 Å². The van der Waals surface area contributed by atoms with Crippen molar-refractivity contribution in [3.05, 3.63) is 90.6 Å². The molecule has 194 valence electrons. The lowest BCUT2D eigenvalue weighted by molar-refractivity contribution is -0.116. The predicted octanol–water partition coefficient (Wildman–Crippen LogP) is 2.80. The normalized spacial score (nSPS) is 10.5. The SMILES string of the molecule is CC.Cc1ccc(Nc2c3c(=O)[nH]c(=O)n(-c4cccc(NCC(N)=O)c4)c3c(C)c(=O)n2C)c(F)c1. The Labute approximate surface area is 211 Å². The van der Waals surface area contributed by atoms with Crippen LogP contribution in [0.2, 0.25) is 0 Å². The fourth-order valence-electron chi connectivity index (χ4n) is 3.92. The average Bonchev–Trinajstić information content (AvgIpc) is 2.86. The van der Waals surface area contributed by atoms with Crippen molar-refractivity contribution in [2.75, 3.05) is 17.2 Å². The highest BCUT2D eigenvalue weighted by Crippen LogP contribution is 2.27. The van der Waals surface area contributed by atoms with Gasteiger partial charge in [-0.25, -0.2) is 9.18 Å². The number of benzene rings is 2. The molecule has 1 amide bonds. The van der Waals surface area contributed by atoms with E-state index in [4.69, 9.17) is 5.73 Å². The van der Waals surface area contributed by atoms with Crippen LogP contribution in [-0.2, 0) is 11.8 Å². The summed E-state index contributed by atoms with van der Waals surface area (Å²) in [5.74, 6) is -1.11. The number of nitrogens with two attached hydrogens (primary N) is 1. The first-order valence-electron chi connectivity index (χ1n) is 11.6. The second-order valence-electron chi connectivity index (χ2n) is 8.13. The standard InChI is InChI=1S/C24H23FN6O4.C2H6/c1-12-7-8-17(16(25)9-12)28-21-19-20(13(2)23(34)30(21)3)31(24(35)29-22(19)33)15-6-4-5-14(10-15)27-11-18(26)32;1-2/h4-10,27-28H,11H2,1-3H3,(H2,26,32)(H,29,33,35);1-2H3. The lowest BCUT2D eigenvalue weighted by atomic mass is 10.1. The highest BCUT2D eigenvalue weighted by atomic mass is 19.1. The summed E-state index contributed by atoms with van der Waals surface area (Å²) in [4.78, 5) is 52.5. The number of fused-ring (bicyclic) bond motifs is 1. The van der Waals surface area contributed by atoms with Crippen molar-refractivity contribution in [1.29, 1.82) is 0 Å². The minimum atomic E-state index is -0.765. The Morgan fingerprint density at radius 2 is 1.78 bits per heavy atom. The van der Waals surface area contributed by atoms with Crippen LogP contribution in [0.4, 0.5) is 21.6 Å². The maximum absolute atomic E-state index is 14.6. The molecule has 0 saturated heterocycles. The van der Waals surface area contributed by atoms with Crippen molar-refractivity contribution in [3.63, 3.8) is 0 Å². The molecule has 2 heterocycles. The van der Waals surface area contributed by atoms with E-state index in [1.54, 1.807) is 37.3 Å². The number of hydrogen-bond acceptors (Lipinski definition) is 6. The molecular formula is C26H29FN6O4. The van der Waals surface area contributed by atoms with Gasteiger partial charge in [0.25, 0.3) is 11.1 Å². The number of aromatic nitrogens is 3. The Kier molecular flexibility index (Phi) is 7.96. The van der Waals surface area contributed by atoms with Crippen LogP contribution < -0.4 is 33.2 Å². The van der Waals surface area contributed by atoms with Gasteiger partial charge in [0.15, 0.2) is 0 Å². The van der Waals surface area contributed by atoms with Gasteiger partial charge in [0, 0.05) is 18.3 Å². The summed E-state index contributed by atoms with van der Waals surface area (Å²) in [5.41, 5.74) is 5.01. The summed E-state index contributed by atoms with van der Waals surface area (Å²) in [6, 6.07) is 11.0. The molecule has 37 heavy (non-hydrogen) atoms. The molecule has 10 nitrogen and oxygen atoms in total. The monoisotopic (exact) mass is 508 g/mol. The minimum absolute atomic E-state index is 0.000303. The molecule has 0 atom stereocenters. The van der Waals surface area contributed by atoms with Crippen molar-refractivity contribution in [1.82, 2.24) is 14.1 Å². The van der Waals surface area contributed by atoms with Crippen LogP contribution in [0.15, 0.2) is 56.8 Å². The number of rotatable bonds is 6. The summed E-state index contributed by atoms with van der Waals surface area (Å²) in [6.45, 7) is 7.12. The van der Waals surface area contributed by atoms with E-state index >= 15 is 0 Å². The van der Waals surface area contributed by atoms with Gasteiger partial charge in [-0.3, -0.25) is 28.5 Å². The molecule has 4 aromatic rings. The van der Waals surface area contributed by atoms with Crippen molar-refractivity contribution in [3.8, 4) is 5.69 Å². The zero-order chi connectivity index (χ0) is 27.4. The van der Waals surface area contributed by atoms with Crippen LogP contribution in [0.3, 0.4) is 0 Å². The number of halogens is 1. The van der Waals surface area contributed by atoms with Gasteiger partial charge < -0.3 is 16.4 Å². The predicted molar refractivity (Wildman–Crippen MR) is 144 cm³/mol. The van der Waals surface area contributed by atoms with E-state index < -0.39 is 28.5 Å². The lowest BCUT2D eigenvalue weighted by Gasteiger charge is -2.19. The molecule has 0 radical (unpaired) electrons. The van der Waals surface area contributed by atoms with Crippen LogP contribution in [0.1, 0.15) is 25.0 Å². The van der Waals surface area contributed by atoms with Gasteiger partial charge in [0.1, 0.15) is 17.0 Å². The third-order valence-electron chi connectivity index (χ3n) is 5.61. The lowest BCUT2D eigenvalue weighted by Crippen LogP contribution is -2.34. The summed E-state index contributed by atoms with van der Waals surface area (Å²) >= 11 is 0. The smallest absolute Gasteiger partial charge is 0.333 e. The number of H-pyrrole nitrogens is 1. The Balaban J connectivity index is 0.00000186. The number of primary amides is 1. The van der Waals surface area contributed by atoms with Crippen LogP contribution in [0.25, 0.3) is 16.6 Å². The number of aromatic amines is 1. The third-order valence-corrected chi connectivity index (χ3v) is 5.61. The average molecular weight is 509 g/mol. The van der Waals surface area contributed by atoms with Crippen LogP contribution in [0, 0.1) is 19.7 Å². The second-order valence-corrected chi connectivity index (χ2v) is 8.13. The fourth-order valence-corrected chi connectivity index (χ4v) is 3.92. The molecule has 5 N–H and O–H groups in total. The molecule has 0 aliphatic heterocycles. The van der Waals surface area contributed by atoms with E-state index in [1.165, 1.54) is 35.2 Å². The zero-order valence-electron chi connectivity index (χ0n) is 21.2. The van der Waals surface area contributed by atoms with E-state index in [2.05, 4.69) is 15.6 Å². The largest absolute Gasteiger partial charge is 0.376 e. The molecule has 0 saturated carbocycles. The first-order valence-corrected chi connectivity index (χ1v) is 11.6. The molecule has 4 rings (SSSR count). The quantitative estimate of drug-likeness (QED) is 0.315. The second kappa shape index (κ2) is 10.9. The van der Waals surface area contributed by atoms with E-state index in [1.807, 2.05) is 13.8 Å². The number of carbonyl (C=O) groups excluding carboxylic acids is 1. The first-order chi connectivity index (χ1) is 17.6. The number of nitrogens with zero attached hydrogens (tertiary/aromatic N) is 2. The highest BCUT2D eigenvalue weighted by Gasteiger charge is 2.21. The Morgan fingerprint density at radius 1 is 1.08 bits per heavy atom. The summed E-state index contributed by atoms with van der Waals surface area (Å²) in [5, 5.41) is 5.69. The van der Waals surface area contributed by atoms with Gasteiger partial charge in [0.05, 0.1) is 23.4 Å². The van der Waals surface area contributed by atoms with E-state index in [-0.39, 0.29) is 34.5 Å². The van der Waals surface area contributed by atoms with E-state index in [9.17, 15) is 23.6 Å². The number of anilines is 3. The first kappa shape index (κ1) is 26.9. The van der Waals surface area contributed by atoms with Gasteiger partial charge >= 0.3 is 5.69 Å². The van der Waals surface area contributed by atoms with E-state index in [0.29, 0.717) is 16.9 Å². The highest BCUT2D eigenvalue weighted by molar-refractivity contribution is 5.93. The molecule has 11 heteroatoms. The molecule has 2 aromatic carbocycles. The summed E-state index contributed by atoms with van der Waals surface area (Å²) in [7, 11) is 1.45. The van der Waals surface area contributed by atoms with Gasteiger partial charge in [-0.2, -0.15) is 0 Å². The minimum Gasteiger partial charge on any atom is -0.376 e. The van der Waals surface area contributed by atoms with Gasteiger partial charge in [-0.15, -0.1) is 0 Å². The maximum atomic E-state index is 14.6. The molecular weight excluding hydrogens is 479 g/mol. The molecule has 0 unspecified atom stereocenters. The number of carbonyl (C=O) groups is 1. The van der Waals surface area contributed by atoms with Crippen molar-refractivity contribution in [2.45, 2.75) is 27.7 Å². The zero-order valence-corrected chi connectivity index (χ0v) is 21.2. The topological polar surface area (TPSA) is 144 Å². The number of hydrogen-bond donors (Lipinski definition) is 4. The number of nitrogens with one attached hydrogen (secondary N) is 3.